The standard InChI is InChI=1S/C15H20N4O2/c1-4-13-17-14(19-18-13)15(20)16-11-6-5-7-12(8-11)21-9-10(2)3/h5-8,10H,4,9H2,1-3H3,(H,16,20)(H,17,18,19). The predicted octanol–water partition coefficient (Wildman–Crippen LogP) is 2.65. The molecule has 2 aromatic rings. The molecule has 0 aliphatic rings. The van der Waals surface area contributed by atoms with Gasteiger partial charge in [0, 0.05) is 18.2 Å². The van der Waals surface area contributed by atoms with Gasteiger partial charge in [-0.2, -0.15) is 0 Å². The van der Waals surface area contributed by atoms with Gasteiger partial charge in [0.25, 0.3) is 5.91 Å². The Morgan fingerprint density at radius 2 is 2.24 bits per heavy atom. The van der Waals surface area contributed by atoms with Gasteiger partial charge in [-0.25, -0.2) is 4.98 Å². The number of H-pyrrole nitrogens is 1. The number of aryl methyl sites for hydroxylation is 1. The molecular weight excluding hydrogens is 268 g/mol. The van der Waals surface area contributed by atoms with E-state index in [1.54, 1.807) is 12.1 Å². The van der Waals surface area contributed by atoms with Gasteiger partial charge < -0.3 is 10.1 Å². The highest BCUT2D eigenvalue weighted by Gasteiger charge is 2.12. The summed E-state index contributed by atoms with van der Waals surface area (Å²) < 4.78 is 5.63. The average molecular weight is 288 g/mol. The molecule has 0 spiro atoms. The highest BCUT2D eigenvalue weighted by Crippen LogP contribution is 2.18. The monoisotopic (exact) mass is 288 g/mol. The van der Waals surface area contributed by atoms with E-state index >= 15 is 0 Å². The molecule has 1 amide bonds. The fraction of sp³-hybridized carbons (Fsp3) is 0.400. The Kier molecular flexibility index (Phi) is 4.92. The second-order valence-electron chi connectivity index (χ2n) is 5.15. The van der Waals surface area contributed by atoms with Crippen molar-refractivity contribution in [1.29, 1.82) is 0 Å². The summed E-state index contributed by atoms with van der Waals surface area (Å²) in [6.07, 6.45) is 0.707. The molecule has 2 rings (SSSR count). The molecule has 6 heteroatoms. The zero-order chi connectivity index (χ0) is 15.2. The SMILES string of the molecule is CCc1nc(C(=O)Nc2cccc(OCC(C)C)c2)n[nH]1. The van der Waals surface area contributed by atoms with Crippen LogP contribution in [0.25, 0.3) is 0 Å². The number of aromatic amines is 1. The molecule has 0 saturated carbocycles. The zero-order valence-corrected chi connectivity index (χ0v) is 12.5. The van der Waals surface area contributed by atoms with Gasteiger partial charge in [-0.1, -0.05) is 26.8 Å². The number of nitrogens with one attached hydrogen (secondary N) is 2. The van der Waals surface area contributed by atoms with Gasteiger partial charge in [-0.3, -0.25) is 9.89 Å². The molecule has 0 atom stereocenters. The van der Waals surface area contributed by atoms with Gasteiger partial charge in [0.15, 0.2) is 0 Å². The topological polar surface area (TPSA) is 79.9 Å². The van der Waals surface area contributed by atoms with Crippen LogP contribution in [0.3, 0.4) is 0 Å². The number of benzene rings is 1. The van der Waals surface area contributed by atoms with Crippen molar-refractivity contribution in [3.8, 4) is 5.75 Å². The Balaban J connectivity index is 2.01. The molecule has 21 heavy (non-hydrogen) atoms. The summed E-state index contributed by atoms with van der Waals surface area (Å²) in [5, 5.41) is 9.37. The van der Waals surface area contributed by atoms with Crippen LogP contribution < -0.4 is 10.1 Å². The maximum atomic E-state index is 12.0. The first kappa shape index (κ1) is 15.0. The minimum absolute atomic E-state index is 0.139. The van der Waals surface area contributed by atoms with E-state index in [0.717, 1.165) is 5.75 Å². The van der Waals surface area contributed by atoms with Crippen molar-refractivity contribution in [2.75, 3.05) is 11.9 Å². The fourth-order valence-corrected chi connectivity index (χ4v) is 1.67. The predicted molar refractivity (Wildman–Crippen MR) is 80.5 cm³/mol. The van der Waals surface area contributed by atoms with Crippen molar-refractivity contribution >= 4 is 11.6 Å². The Morgan fingerprint density at radius 3 is 2.90 bits per heavy atom. The van der Waals surface area contributed by atoms with Crippen LogP contribution in [-0.2, 0) is 6.42 Å². The lowest BCUT2D eigenvalue weighted by Gasteiger charge is -2.10. The van der Waals surface area contributed by atoms with E-state index in [1.807, 2.05) is 19.1 Å². The number of carbonyl (C=O) groups is 1. The lowest BCUT2D eigenvalue weighted by molar-refractivity contribution is 0.101. The summed E-state index contributed by atoms with van der Waals surface area (Å²) in [6, 6.07) is 7.28. The summed E-state index contributed by atoms with van der Waals surface area (Å²) in [5.41, 5.74) is 0.657. The number of carbonyl (C=O) groups excluding carboxylic acids is 1. The van der Waals surface area contributed by atoms with Crippen molar-refractivity contribution in [2.24, 2.45) is 5.92 Å². The van der Waals surface area contributed by atoms with Crippen molar-refractivity contribution < 1.29 is 9.53 Å². The van der Waals surface area contributed by atoms with E-state index < -0.39 is 0 Å². The van der Waals surface area contributed by atoms with Crippen LogP contribution in [0.4, 0.5) is 5.69 Å². The first-order valence-corrected chi connectivity index (χ1v) is 7.04. The lowest BCUT2D eigenvalue weighted by atomic mass is 10.2. The zero-order valence-electron chi connectivity index (χ0n) is 12.5. The number of rotatable bonds is 6. The molecule has 0 unspecified atom stereocenters. The number of aromatic nitrogens is 3. The second kappa shape index (κ2) is 6.88. The largest absolute Gasteiger partial charge is 0.493 e. The fourth-order valence-electron chi connectivity index (χ4n) is 1.67. The summed E-state index contributed by atoms with van der Waals surface area (Å²) in [4.78, 5) is 16.1. The molecule has 1 heterocycles. The third-order valence-electron chi connectivity index (χ3n) is 2.74. The van der Waals surface area contributed by atoms with Crippen molar-refractivity contribution in [1.82, 2.24) is 15.2 Å². The minimum Gasteiger partial charge on any atom is -0.493 e. The number of nitrogens with zero attached hydrogens (tertiary/aromatic N) is 2. The molecule has 0 aliphatic heterocycles. The molecule has 2 N–H and O–H groups in total. The summed E-state index contributed by atoms with van der Waals surface area (Å²) in [6.45, 7) is 6.75. The number of ether oxygens (including phenoxy) is 1. The first-order valence-electron chi connectivity index (χ1n) is 7.04. The first-order chi connectivity index (χ1) is 10.1. The Labute approximate surface area is 123 Å². The van der Waals surface area contributed by atoms with E-state index in [2.05, 4.69) is 34.3 Å². The van der Waals surface area contributed by atoms with Gasteiger partial charge >= 0.3 is 0 Å². The maximum Gasteiger partial charge on any atom is 0.295 e. The van der Waals surface area contributed by atoms with Crippen LogP contribution in [0.5, 0.6) is 5.75 Å². The van der Waals surface area contributed by atoms with Gasteiger partial charge in [0.2, 0.25) is 5.82 Å². The van der Waals surface area contributed by atoms with Gasteiger partial charge in [0.05, 0.1) is 6.61 Å². The lowest BCUT2D eigenvalue weighted by Crippen LogP contribution is -2.14. The van der Waals surface area contributed by atoms with Crippen LogP contribution in [0, 0.1) is 5.92 Å². The Morgan fingerprint density at radius 1 is 1.43 bits per heavy atom. The molecule has 0 radical (unpaired) electrons. The number of anilines is 1. The quantitative estimate of drug-likeness (QED) is 0.856. The van der Waals surface area contributed by atoms with Crippen molar-refractivity contribution in [3.63, 3.8) is 0 Å². The van der Waals surface area contributed by atoms with Crippen LogP contribution in [0.2, 0.25) is 0 Å². The summed E-state index contributed by atoms with van der Waals surface area (Å²) in [7, 11) is 0. The average Bonchev–Trinajstić information content (AvgIpc) is 2.94. The van der Waals surface area contributed by atoms with Crippen LogP contribution >= 0.6 is 0 Å². The van der Waals surface area contributed by atoms with Gasteiger partial charge in [-0.05, 0) is 18.1 Å². The number of hydrogen-bond donors (Lipinski definition) is 2. The van der Waals surface area contributed by atoms with Gasteiger partial charge in [0.1, 0.15) is 11.6 Å². The van der Waals surface area contributed by atoms with Gasteiger partial charge in [-0.15, -0.1) is 5.10 Å². The molecule has 0 bridgehead atoms. The molecule has 1 aromatic heterocycles. The smallest absolute Gasteiger partial charge is 0.295 e. The Bertz CT molecular complexity index is 607. The van der Waals surface area contributed by atoms with E-state index in [1.165, 1.54) is 0 Å². The van der Waals surface area contributed by atoms with E-state index in [9.17, 15) is 4.79 Å². The normalized spacial score (nSPS) is 10.7. The second-order valence-corrected chi connectivity index (χ2v) is 5.15. The van der Waals surface area contributed by atoms with Crippen molar-refractivity contribution in [2.45, 2.75) is 27.2 Å². The molecule has 112 valence electrons. The summed E-state index contributed by atoms with van der Waals surface area (Å²) >= 11 is 0. The molecule has 0 fully saturated rings. The molecule has 6 nitrogen and oxygen atoms in total. The van der Waals surface area contributed by atoms with E-state index in [0.29, 0.717) is 30.5 Å². The minimum atomic E-state index is -0.341. The van der Waals surface area contributed by atoms with E-state index in [4.69, 9.17) is 4.74 Å². The number of hydrogen-bond acceptors (Lipinski definition) is 4. The van der Waals surface area contributed by atoms with E-state index in [-0.39, 0.29) is 11.7 Å². The third-order valence-corrected chi connectivity index (χ3v) is 2.74. The number of amides is 1. The maximum absolute atomic E-state index is 12.0. The highest BCUT2D eigenvalue weighted by molar-refractivity contribution is 6.01. The van der Waals surface area contributed by atoms with Crippen LogP contribution in [0.15, 0.2) is 24.3 Å². The summed E-state index contributed by atoms with van der Waals surface area (Å²) in [5.74, 6) is 1.66. The van der Waals surface area contributed by atoms with Crippen molar-refractivity contribution in [3.05, 3.63) is 35.9 Å². The molecular formula is C15H20N4O2. The third kappa shape index (κ3) is 4.30. The molecule has 1 aromatic carbocycles. The molecule has 0 saturated heterocycles. The Hall–Kier alpha value is -2.37. The van der Waals surface area contributed by atoms with Crippen LogP contribution in [0.1, 0.15) is 37.2 Å². The molecule has 0 aliphatic carbocycles. The van der Waals surface area contributed by atoms with Crippen LogP contribution in [-0.4, -0.2) is 27.7 Å². The highest BCUT2D eigenvalue weighted by atomic mass is 16.5.